The van der Waals surface area contributed by atoms with Crippen LogP contribution in [0.3, 0.4) is 0 Å². The van der Waals surface area contributed by atoms with E-state index in [1.54, 1.807) is 0 Å². The van der Waals surface area contributed by atoms with Crippen LogP contribution in [-0.2, 0) is 0 Å². The van der Waals surface area contributed by atoms with E-state index in [1.165, 1.54) is 11.1 Å². The van der Waals surface area contributed by atoms with Crippen LogP contribution in [0.4, 0.5) is 0 Å². The van der Waals surface area contributed by atoms with Crippen LogP contribution >= 0.6 is 0 Å². The largest absolute Gasteiger partial charge is 0.353 e. The third-order valence-electron chi connectivity index (χ3n) is 2.62. The van der Waals surface area contributed by atoms with Gasteiger partial charge in [-0.15, -0.1) is 0 Å². The molecule has 0 saturated carbocycles. The van der Waals surface area contributed by atoms with Crippen molar-refractivity contribution in [3.05, 3.63) is 53.2 Å². The minimum absolute atomic E-state index is 1.03. The Kier molecular flexibility index (Phi) is 2.91. The van der Waals surface area contributed by atoms with Gasteiger partial charge in [0.1, 0.15) is 0 Å². The van der Waals surface area contributed by atoms with E-state index in [9.17, 15) is 0 Å². The number of allylic oxidation sites excluding steroid dienone is 2. The first-order chi connectivity index (χ1) is 7.72. The van der Waals surface area contributed by atoms with Crippen molar-refractivity contribution in [1.29, 1.82) is 0 Å². The van der Waals surface area contributed by atoms with Crippen LogP contribution in [0.15, 0.2) is 52.7 Å². The highest BCUT2D eigenvalue weighted by Gasteiger charge is 2.17. The predicted molar refractivity (Wildman–Crippen MR) is 69.3 cm³/mol. The molecule has 16 heavy (non-hydrogen) atoms. The second kappa shape index (κ2) is 4.35. The van der Waals surface area contributed by atoms with Gasteiger partial charge in [0.2, 0.25) is 0 Å². The van der Waals surface area contributed by atoms with Crippen molar-refractivity contribution in [1.82, 2.24) is 5.32 Å². The molecule has 0 saturated heterocycles. The molecule has 0 bridgehead atoms. The summed E-state index contributed by atoms with van der Waals surface area (Å²) >= 11 is 0. The van der Waals surface area contributed by atoms with E-state index in [0.29, 0.717) is 0 Å². The van der Waals surface area contributed by atoms with Crippen LogP contribution in [-0.4, -0.2) is 12.8 Å². The summed E-state index contributed by atoms with van der Waals surface area (Å²) in [6.45, 7) is 4.19. The fourth-order valence-corrected chi connectivity index (χ4v) is 1.77. The highest BCUT2D eigenvalue weighted by atomic mass is 15.0. The Morgan fingerprint density at radius 3 is 2.31 bits per heavy atom. The van der Waals surface area contributed by atoms with Crippen molar-refractivity contribution in [2.24, 2.45) is 4.99 Å². The summed E-state index contributed by atoms with van der Waals surface area (Å²) in [7, 11) is 1.82. The molecule has 0 aliphatic carbocycles. The number of benzene rings is 1. The first-order valence-electron chi connectivity index (χ1n) is 5.41. The van der Waals surface area contributed by atoms with Gasteiger partial charge >= 0.3 is 0 Å². The molecule has 0 spiro atoms. The van der Waals surface area contributed by atoms with Crippen molar-refractivity contribution < 1.29 is 0 Å². The van der Waals surface area contributed by atoms with Gasteiger partial charge in [0, 0.05) is 12.7 Å². The topological polar surface area (TPSA) is 24.4 Å². The molecule has 1 aromatic carbocycles. The van der Waals surface area contributed by atoms with Gasteiger partial charge in [0.05, 0.1) is 11.4 Å². The molecular formula is C14H16N2. The lowest BCUT2D eigenvalue weighted by atomic mass is 10.1. The maximum Gasteiger partial charge on any atom is 0.0825 e. The molecule has 0 fully saturated rings. The van der Waals surface area contributed by atoms with Gasteiger partial charge in [-0.3, -0.25) is 4.99 Å². The normalized spacial score (nSPS) is 17.3. The summed E-state index contributed by atoms with van der Waals surface area (Å²) < 4.78 is 0. The minimum atomic E-state index is 1.03. The third-order valence-corrected chi connectivity index (χ3v) is 2.62. The van der Waals surface area contributed by atoms with Gasteiger partial charge in [-0.25, -0.2) is 0 Å². The Morgan fingerprint density at radius 1 is 1.12 bits per heavy atom. The molecule has 1 aliphatic heterocycles. The summed E-state index contributed by atoms with van der Waals surface area (Å²) in [6, 6.07) is 10.3. The smallest absolute Gasteiger partial charge is 0.0825 e. The quantitative estimate of drug-likeness (QED) is 0.760. The van der Waals surface area contributed by atoms with Crippen molar-refractivity contribution in [2.75, 3.05) is 7.05 Å². The van der Waals surface area contributed by atoms with E-state index in [0.717, 1.165) is 17.1 Å². The molecule has 0 atom stereocenters. The monoisotopic (exact) mass is 212 g/mol. The maximum atomic E-state index is 4.29. The van der Waals surface area contributed by atoms with Crippen molar-refractivity contribution in [3.63, 3.8) is 0 Å². The summed E-state index contributed by atoms with van der Waals surface area (Å²) in [5.41, 5.74) is 5.72. The lowest BCUT2D eigenvalue weighted by Gasteiger charge is -2.07. The van der Waals surface area contributed by atoms with Crippen LogP contribution in [0.1, 0.15) is 19.4 Å². The molecule has 0 aromatic heterocycles. The SMILES string of the molecule is CN=C1C=C(c2ccccc2)NC1=C(C)C. The molecule has 2 rings (SSSR count). The average molecular weight is 212 g/mol. The molecule has 0 radical (unpaired) electrons. The zero-order chi connectivity index (χ0) is 11.5. The number of nitrogens with zero attached hydrogens (tertiary/aromatic N) is 1. The molecule has 2 nitrogen and oxygen atoms in total. The zero-order valence-electron chi connectivity index (χ0n) is 9.91. The summed E-state index contributed by atoms with van der Waals surface area (Å²) in [6.07, 6.45) is 2.09. The first kappa shape index (κ1) is 10.7. The Bertz CT molecular complexity index is 475. The van der Waals surface area contributed by atoms with Gasteiger partial charge in [-0.1, -0.05) is 35.9 Å². The van der Waals surface area contributed by atoms with Gasteiger partial charge in [-0.05, 0) is 25.5 Å². The molecule has 1 aromatic rings. The maximum absolute atomic E-state index is 4.29. The number of rotatable bonds is 1. The van der Waals surface area contributed by atoms with Crippen molar-refractivity contribution >= 4 is 11.4 Å². The summed E-state index contributed by atoms with van der Waals surface area (Å²) in [4.78, 5) is 4.29. The number of nitrogens with one attached hydrogen (secondary N) is 1. The Labute approximate surface area is 96.4 Å². The lowest BCUT2D eigenvalue weighted by molar-refractivity contribution is 1.13. The molecule has 1 N–H and O–H groups in total. The summed E-state index contributed by atoms with van der Waals surface area (Å²) in [5, 5.41) is 3.42. The van der Waals surface area contributed by atoms with E-state index < -0.39 is 0 Å². The summed E-state index contributed by atoms with van der Waals surface area (Å²) in [5.74, 6) is 0. The van der Waals surface area contributed by atoms with Gasteiger partial charge in [-0.2, -0.15) is 0 Å². The molecule has 1 heterocycles. The van der Waals surface area contributed by atoms with Gasteiger partial charge in [0.15, 0.2) is 0 Å². The van der Waals surface area contributed by atoms with E-state index in [2.05, 4.69) is 42.4 Å². The van der Waals surface area contributed by atoms with E-state index >= 15 is 0 Å². The van der Waals surface area contributed by atoms with Gasteiger partial charge in [0.25, 0.3) is 0 Å². The van der Waals surface area contributed by atoms with Crippen molar-refractivity contribution in [3.8, 4) is 0 Å². The highest BCUT2D eigenvalue weighted by molar-refractivity contribution is 6.16. The zero-order valence-corrected chi connectivity index (χ0v) is 9.91. The number of hydrogen-bond acceptors (Lipinski definition) is 2. The van der Waals surface area contributed by atoms with Crippen LogP contribution in [0.2, 0.25) is 0 Å². The second-order valence-corrected chi connectivity index (χ2v) is 4.03. The minimum Gasteiger partial charge on any atom is -0.353 e. The van der Waals surface area contributed by atoms with Crippen LogP contribution in [0.25, 0.3) is 5.70 Å². The number of aliphatic imine (C=N–C) groups is 1. The highest BCUT2D eigenvalue weighted by Crippen LogP contribution is 2.21. The Morgan fingerprint density at radius 2 is 1.81 bits per heavy atom. The molecule has 0 unspecified atom stereocenters. The third kappa shape index (κ3) is 1.91. The standard InChI is InChI=1S/C14H16N2/c1-10(2)14-13(15-3)9-12(16-14)11-7-5-4-6-8-11/h4-9,16H,1-3H3. The molecule has 0 amide bonds. The van der Waals surface area contributed by atoms with Crippen LogP contribution < -0.4 is 5.32 Å². The first-order valence-corrected chi connectivity index (χ1v) is 5.41. The second-order valence-electron chi connectivity index (χ2n) is 4.03. The Hall–Kier alpha value is -1.83. The van der Waals surface area contributed by atoms with E-state index in [-0.39, 0.29) is 0 Å². The molecule has 1 aliphatic rings. The fourth-order valence-electron chi connectivity index (χ4n) is 1.77. The fraction of sp³-hybridized carbons (Fsp3) is 0.214. The Balaban J connectivity index is 2.39. The van der Waals surface area contributed by atoms with Gasteiger partial charge < -0.3 is 5.32 Å². The number of hydrogen-bond donors (Lipinski definition) is 1. The van der Waals surface area contributed by atoms with E-state index in [1.807, 2.05) is 25.2 Å². The van der Waals surface area contributed by atoms with Crippen LogP contribution in [0.5, 0.6) is 0 Å². The predicted octanol–water partition coefficient (Wildman–Crippen LogP) is 3.00. The van der Waals surface area contributed by atoms with Crippen LogP contribution in [0, 0.1) is 0 Å². The van der Waals surface area contributed by atoms with E-state index in [4.69, 9.17) is 0 Å². The lowest BCUT2D eigenvalue weighted by Crippen LogP contribution is -2.10. The molecular weight excluding hydrogens is 196 g/mol. The molecule has 82 valence electrons. The van der Waals surface area contributed by atoms with Crippen molar-refractivity contribution in [2.45, 2.75) is 13.8 Å². The molecule has 2 heteroatoms. The average Bonchev–Trinajstić information content (AvgIpc) is 2.74.